The van der Waals surface area contributed by atoms with Gasteiger partial charge in [0.25, 0.3) is 0 Å². The molecule has 1 atom stereocenters. The largest absolute Gasteiger partial charge is 0.388 e. The van der Waals surface area contributed by atoms with E-state index in [-0.39, 0.29) is 6.17 Å². The van der Waals surface area contributed by atoms with E-state index < -0.39 is 0 Å². The predicted molar refractivity (Wildman–Crippen MR) is 50.7 cm³/mol. The summed E-state index contributed by atoms with van der Waals surface area (Å²) in [6.07, 6.45) is -0.337. The van der Waals surface area contributed by atoms with E-state index in [9.17, 15) is 0 Å². The van der Waals surface area contributed by atoms with Crippen molar-refractivity contribution in [1.29, 1.82) is 0 Å². The third-order valence-corrected chi connectivity index (χ3v) is 1.48. The van der Waals surface area contributed by atoms with Crippen LogP contribution in [0.3, 0.4) is 0 Å². The van der Waals surface area contributed by atoms with Gasteiger partial charge in [-0.2, -0.15) is 0 Å². The molecule has 1 aromatic rings. The van der Waals surface area contributed by atoms with Crippen LogP contribution >= 0.6 is 0 Å². The maximum atomic E-state index is 5.73. The standard InChI is InChI=1S/C9H13N3/c1-7(10)12-9(11)8-5-3-2-4-6-8/h2-6,9H,11H2,1H3,(H2,10,12). The molecule has 0 aromatic heterocycles. The number of nitrogens with two attached hydrogens (primary N) is 2. The van der Waals surface area contributed by atoms with Gasteiger partial charge in [0, 0.05) is 0 Å². The molecule has 0 heterocycles. The highest BCUT2D eigenvalue weighted by atomic mass is 15.0. The molecule has 1 unspecified atom stereocenters. The summed E-state index contributed by atoms with van der Waals surface area (Å²) in [7, 11) is 0. The van der Waals surface area contributed by atoms with Gasteiger partial charge in [0.05, 0.1) is 5.84 Å². The van der Waals surface area contributed by atoms with Crippen molar-refractivity contribution in [3.8, 4) is 0 Å². The highest BCUT2D eigenvalue weighted by Gasteiger charge is 2.00. The molecule has 0 aliphatic rings. The monoisotopic (exact) mass is 163 g/mol. The second-order valence-electron chi connectivity index (χ2n) is 2.63. The molecule has 0 amide bonds. The summed E-state index contributed by atoms with van der Waals surface area (Å²) < 4.78 is 0. The van der Waals surface area contributed by atoms with Crippen molar-refractivity contribution in [3.05, 3.63) is 35.9 Å². The zero-order valence-electron chi connectivity index (χ0n) is 7.07. The zero-order valence-corrected chi connectivity index (χ0v) is 7.07. The molecule has 0 radical (unpaired) electrons. The normalized spacial score (nSPS) is 14.3. The van der Waals surface area contributed by atoms with Crippen LogP contribution in [0.25, 0.3) is 0 Å². The van der Waals surface area contributed by atoms with Crippen molar-refractivity contribution in [3.63, 3.8) is 0 Å². The van der Waals surface area contributed by atoms with Crippen LogP contribution in [0.2, 0.25) is 0 Å². The van der Waals surface area contributed by atoms with Crippen LogP contribution in [0.15, 0.2) is 35.3 Å². The second-order valence-corrected chi connectivity index (χ2v) is 2.63. The van der Waals surface area contributed by atoms with Gasteiger partial charge in [-0.15, -0.1) is 0 Å². The molecule has 1 aromatic carbocycles. The molecule has 12 heavy (non-hydrogen) atoms. The van der Waals surface area contributed by atoms with Crippen molar-refractivity contribution in [2.45, 2.75) is 13.1 Å². The Bertz CT molecular complexity index is 262. The molecular weight excluding hydrogens is 150 g/mol. The van der Waals surface area contributed by atoms with Crippen LogP contribution in [0.5, 0.6) is 0 Å². The Kier molecular flexibility index (Phi) is 2.82. The van der Waals surface area contributed by atoms with Gasteiger partial charge in [-0.05, 0) is 12.5 Å². The van der Waals surface area contributed by atoms with E-state index in [1.165, 1.54) is 0 Å². The molecule has 0 bridgehead atoms. The van der Waals surface area contributed by atoms with Gasteiger partial charge in [-0.1, -0.05) is 30.3 Å². The van der Waals surface area contributed by atoms with E-state index in [2.05, 4.69) is 4.99 Å². The minimum absolute atomic E-state index is 0.337. The SMILES string of the molecule is CC(N)=NC(N)c1ccccc1. The van der Waals surface area contributed by atoms with Crippen LogP contribution < -0.4 is 11.5 Å². The Labute approximate surface area is 72.1 Å². The van der Waals surface area contributed by atoms with Crippen molar-refractivity contribution < 1.29 is 0 Å². The number of nitrogens with zero attached hydrogens (tertiary/aromatic N) is 1. The van der Waals surface area contributed by atoms with Gasteiger partial charge in [0.1, 0.15) is 6.17 Å². The molecule has 0 spiro atoms. The lowest BCUT2D eigenvalue weighted by molar-refractivity contribution is 0.774. The van der Waals surface area contributed by atoms with Crippen LogP contribution in [0, 0.1) is 0 Å². The van der Waals surface area contributed by atoms with Crippen molar-refractivity contribution in [2.75, 3.05) is 0 Å². The Morgan fingerprint density at radius 1 is 1.33 bits per heavy atom. The van der Waals surface area contributed by atoms with Gasteiger partial charge < -0.3 is 11.5 Å². The van der Waals surface area contributed by atoms with Crippen LogP contribution in [-0.4, -0.2) is 5.84 Å². The maximum Gasteiger partial charge on any atom is 0.125 e. The lowest BCUT2D eigenvalue weighted by Crippen LogP contribution is -2.14. The molecule has 0 aliphatic carbocycles. The van der Waals surface area contributed by atoms with Crippen LogP contribution in [0.4, 0.5) is 0 Å². The number of rotatable bonds is 2. The minimum atomic E-state index is -0.337. The third kappa shape index (κ3) is 2.36. The molecule has 4 N–H and O–H groups in total. The van der Waals surface area contributed by atoms with Gasteiger partial charge in [0.15, 0.2) is 0 Å². The number of hydrogen-bond donors (Lipinski definition) is 2. The Balaban J connectivity index is 2.79. The fourth-order valence-corrected chi connectivity index (χ4v) is 0.944. The molecule has 0 saturated carbocycles. The summed E-state index contributed by atoms with van der Waals surface area (Å²) in [6, 6.07) is 9.65. The number of hydrogen-bond acceptors (Lipinski definition) is 2. The average molecular weight is 163 g/mol. The number of aliphatic imine (C=N–C) groups is 1. The maximum absolute atomic E-state index is 5.73. The first kappa shape index (κ1) is 8.74. The van der Waals surface area contributed by atoms with E-state index in [1.54, 1.807) is 6.92 Å². The quantitative estimate of drug-likeness (QED) is 0.505. The lowest BCUT2D eigenvalue weighted by atomic mass is 10.2. The summed E-state index contributed by atoms with van der Waals surface area (Å²) >= 11 is 0. The highest BCUT2D eigenvalue weighted by molar-refractivity contribution is 5.77. The van der Waals surface area contributed by atoms with E-state index in [1.807, 2.05) is 30.3 Å². The summed E-state index contributed by atoms with van der Waals surface area (Å²) in [4.78, 5) is 4.02. The molecular formula is C9H13N3. The first-order chi connectivity index (χ1) is 5.70. The summed E-state index contributed by atoms with van der Waals surface area (Å²) in [5.74, 6) is 0.506. The third-order valence-electron chi connectivity index (χ3n) is 1.48. The fourth-order valence-electron chi connectivity index (χ4n) is 0.944. The van der Waals surface area contributed by atoms with E-state index in [4.69, 9.17) is 11.5 Å². The average Bonchev–Trinajstić information content (AvgIpc) is 2.05. The van der Waals surface area contributed by atoms with Crippen LogP contribution in [0.1, 0.15) is 18.7 Å². The Morgan fingerprint density at radius 3 is 2.42 bits per heavy atom. The smallest absolute Gasteiger partial charge is 0.125 e. The molecule has 0 aliphatic heterocycles. The van der Waals surface area contributed by atoms with E-state index in [0.717, 1.165) is 5.56 Å². The molecule has 3 nitrogen and oxygen atoms in total. The number of amidine groups is 1. The Morgan fingerprint density at radius 2 is 1.92 bits per heavy atom. The highest BCUT2D eigenvalue weighted by Crippen LogP contribution is 2.09. The second kappa shape index (κ2) is 3.88. The summed E-state index contributed by atoms with van der Waals surface area (Å²) in [5.41, 5.74) is 12.1. The molecule has 1 rings (SSSR count). The summed E-state index contributed by atoms with van der Waals surface area (Å²) in [5, 5.41) is 0. The first-order valence-corrected chi connectivity index (χ1v) is 3.80. The first-order valence-electron chi connectivity index (χ1n) is 3.80. The van der Waals surface area contributed by atoms with E-state index >= 15 is 0 Å². The summed E-state index contributed by atoms with van der Waals surface area (Å²) in [6.45, 7) is 1.72. The molecule has 0 fully saturated rings. The fraction of sp³-hybridized carbons (Fsp3) is 0.222. The lowest BCUT2D eigenvalue weighted by Gasteiger charge is -2.06. The van der Waals surface area contributed by atoms with Crippen LogP contribution in [-0.2, 0) is 0 Å². The van der Waals surface area contributed by atoms with E-state index in [0.29, 0.717) is 5.84 Å². The zero-order chi connectivity index (χ0) is 8.97. The van der Waals surface area contributed by atoms with Crippen molar-refractivity contribution >= 4 is 5.84 Å². The number of benzene rings is 1. The van der Waals surface area contributed by atoms with Crippen molar-refractivity contribution in [2.24, 2.45) is 16.5 Å². The molecule has 0 saturated heterocycles. The minimum Gasteiger partial charge on any atom is -0.388 e. The Hall–Kier alpha value is -1.35. The van der Waals surface area contributed by atoms with Gasteiger partial charge in [0.2, 0.25) is 0 Å². The predicted octanol–water partition coefficient (Wildman–Crippen LogP) is 1.02. The van der Waals surface area contributed by atoms with Gasteiger partial charge in [-0.25, -0.2) is 4.99 Å². The van der Waals surface area contributed by atoms with Gasteiger partial charge in [-0.3, -0.25) is 0 Å². The molecule has 64 valence electrons. The van der Waals surface area contributed by atoms with Crippen molar-refractivity contribution in [1.82, 2.24) is 0 Å². The van der Waals surface area contributed by atoms with Gasteiger partial charge >= 0.3 is 0 Å². The topological polar surface area (TPSA) is 64.4 Å². The molecule has 3 heteroatoms.